The van der Waals surface area contributed by atoms with Crippen molar-refractivity contribution >= 4 is 33.3 Å². The van der Waals surface area contributed by atoms with E-state index in [9.17, 15) is 4.79 Å². The van der Waals surface area contributed by atoms with E-state index in [1.807, 2.05) is 18.2 Å². The van der Waals surface area contributed by atoms with E-state index in [1.165, 1.54) is 11.1 Å². The molecule has 1 nitrogen and oxygen atoms in total. The lowest BCUT2D eigenvalue weighted by molar-refractivity contribution is -0.118. The summed E-state index contributed by atoms with van der Waals surface area (Å²) in [5, 5.41) is 0.642. The Bertz CT molecular complexity index is 605. The molecular formula is C17H16BrClO. The zero-order chi connectivity index (χ0) is 14.5. The molecule has 2 aromatic carbocycles. The van der Waals surface area contributed by atoms with Crippen LogP contribution in [0.5, 0.6) is 0 Å². The molecular weight excluding hydrogens is 336 g/mol. The van der Waals surface area contributed by atoms with Crippen LogP contribution in [0.2, 0.25) is 5.02 Å². The van der Waals surface area contributed by atoms with E-state index in [0.717, 1.165) is 16.5 Å². The van der Waals surface area contributed by atoms with Gasteiger partial charge >= 0.3 is 0 Å². The van der Waals surface area contributed by atoms with Crippen LogP contribution < -0.4 is 0 Å². The zero-order valence-electron chi connectivity index (χ0n) is 11.3. The average molecular weight is 352 g/mol. The maximum Gasteiger partial charge on any atom is 0.137 e. The van der Waals surface area contributed by atoms with Crippen LogP contribution in [0.15, 0.2) is 46.9 Å². The summed E-state index contributed by atoms with van der Waals surface area (Å²) in [7, 11) is 0. The van der Waals surface area contributed by atoms with Crippen LogP contribution in [0.4, 0.5) is 0 Å². The molecule has 0 aliphatic heterocycles. The first-order valence-corrected chi connectivity index (χ1v) is 7.73. The molecule has 0 saturated heterocycles. The Morgan fingerprint density at radius 1 is 1.15 bits per heavy atom. The second kappa shape index (κ2) is 7.05. The lowest BCUT2D eigenvalue weighted by Crippen LogP contribution is -2.04. The fraction of sp³-hybridized carbons (Fsp3) is 0.235. The summed E-state index contributed by atoms with van der Waals surface area (Å²) in [6.07, 6.45) is 1.74. The van der Waals surface area contributed by atoms with E-state index in [-0.39, 0.29) is 5.78 Å². The molecule has 0 saturated carbocycles. The van der Waals surface area contributed by atoms with Crippen molar-refractivity contribution in [2.75, 3.05) is 0 Å². The lowest BCUT2D eigenvalue weighted by Gasteiger charge is -2.05. The van der Waals surface area contributed by atoms with Gasteiger partial charge in [0, 0.05) is 22.3 Å². The fourth-order valence-corrected chi connectivity index (χ4v) is 2.74. The molecule has 2 rings (SSSR count). The van der Waals surface area contributed by atoms with Crippen molar-refractivity contribution in [1.29, 1.82) is 0 Å². The van der Waals surface area contributed by atoms with Gasteiger partial charge in [0.05, 0.1) is 0 Å². The maximum absolute atomic E-state index is 12.0. The third-order valence-electron chi connectivity index (χ3n) is 3.22. The molecule has 0 radical (unpaired) electrons. The summed E-state index contributed by atoms with van der Waals surface area (Å²) in [6.45, 7) is 2.06. The predicted octanol–water partition coefficient (Wildman–Crippen LogP) is 5.16. The number of benzene rings is 2. The van der Waals surface area contributed by atoms with E-state index >= 15 is 0 Å². The maximum atomic E-state index is 12.0. The number of hydrogen-bond donors (Lipinski definition) is 0. The Balaban J connectivity index is 1.90. The SMILES string of the molecule is Cc1ccc(CCC(=O)Cc2ccc(Br)cc2Cl)cc1. The van der Waals surface area contributed by atoms with Gasteiger partial charge in [0.15, 0.2) is 0 Å². The molecule has 0 amide bonds. The topological polar surface area (TPSA) is 17.1 Å². The van der Waals surface area contributed by atoms with Crippen molar-refractivity contribution in [3.05, 3.63) is 68.7 Å². The van der Waals surface area contributed by atoms with Crippen LogP contribution in [0, 0.1) is 6.92 Å². The minimum Gasteiger partial charge on any atom is -0.299 e. The van der Waals surface area contributed by atoms with E-state index < -0.39 is 0 Å². The Hall–Kier alpha value is -1.12. The van der Waals surface area contributed by atoms with Crippen LogP contribution in [0.25, 0.3) is 0 Å². The van der Waals surface area contributed by atoms with Crippen molar-refractivity contribution in [3.63, 3.8) is 0 Å². The Morgan fingerprint density at radius 2 is 1.85 bits per heavy atom. The lowest BCUT2D eigenvalue weighted by atomic mass is 10.0. The molecule has 0 spiro atoms. The summed E-state index contributed by atoms with van der Waals surface area (Å²) in [6, 6.07) is 13.9. The van der Waals surface area contributed by atoms with Crippen molar-refractivity contribution in [3.8, 4) is 0 Å². The molecule has 2 aromatic rings. The summed E-state index contributed by atoms with van der Waals surface area (Å²) in [5.74, 6) is 0.217. The summed E-state index contributed by atoms with van der Waals surface area (Å²) in [4.78, 5) is 12.0. The molecule has 0 bridgehead atoms. The highest BCUT2D eigenvalue weighted by atomic mass is 79.9. The molecule has 0 N–H and O–H groups in total. The van der Waals surface area contributed by atoms with Gasteiger partial charge in [0.1, 0.15) is 5.78 Å². The number of aryl methyl sites for hydroxylation is 2. The number of halogens is 2. The van der Waals surface area contributed by atoms with E-state index in [4.69, 9.17) is 11.6 Å². The summed E-state index contributed by atoms with van der Waals surface area (Å²) < 4.78 is 0.929. The third-order valence-corrected chi connectivity index (χ3v) is 4.06. The Morgan fingerprint density at radius 3 is 2.50 bits per heavy atom. The molecule has 0 aromatic heterocycles. The quantitative estimate of drug-likeness (QED) is 0.727. The molecule has 3 heteroatoms. The number of Topliss-reactive ketones (excluding diaryl/α,β-unsaturated/α-hetero) is 1. The van der Waals surface area contributed by atoms with Crippen LogP contribution in [0.3, 0.4) is 0 Å². The monoisotopic (exact) mass is 350 g/mol. The number of hydrogen-bond acceptors (Lipinski definition) is 1. The van der Waals surface area contributed by atoms with Gasteiger partial charge in [0.25, 0.3) is 0 Å². The van der Waals surface area contributed by atoms with Gasteiger partial charge in [-0.25, -0.2) is 0 Å². The van der Waals surface area contributed by atoms with Gasteiger partial charge in [-0.3, -0.25) is 4.79 Å². The van der Waals surface area contributed by atoms with E-state index in [0.29, 0.717) is 17.9 Å². The smallest absolute Gasteiger partial charge is 0.137 e. The van der Waals surface area contributed by atoms with Crippen molar-refractivity contribution in [2.45, 2.75) is 26.2 Å². The van der Waals surface area contributed by atoms with E-state index in [1.54, 1.807) is 0 Å². The van der Waals surface area contributed by atoms with Crippen LogP contribution in [-0.4, -0.2) is 5.78 Å². The number of carbonyl (C=O) groups is 1. The summed E-state index contributed by atoms with van der Waals surface area (Å²) in [5.41, 5.74) is 3.33. The van der Waals surface area contributed by atoms with Gasteiger partial charge in [0.2, 0.25) is 0 Å². The highest BCUT2D eigenvalue weighted by Crippen LogP contribution is 2.22. The largest absolute Gasteiger partial charge is 0.299 e. The third kappa shape index (κ3) is 4.46. The van der Waals surface area contributed by atoms with Crippen LogP contribution in [-0.2, 0) is 17.6 Å². The van der Waals surface area contributed by atoms with E-state index in [2.05, 4.69) is 47.1 Å². The highest BCUT2D eigenvalue weighted by molar-refractivity contribution is 9.10. The van der Waals surface area contributed by atoms with Gasteiger partial charge in [-0.1, -0.05) is 63.4 Å². The van der Waals surface area contributed by atoms with Crippen molar-refractivity contribution in [2.24, 2.45) is 0 Å². The normalized spacial score (nSPS) is 10.6. The van der Waals surface area contributed by atoms with Crippen molar-refractivity contribution < 1.29 is 4.79 Å². The van der Waals surface area contributed by atoms with Gasteiger partial charge in [-0.05, 0) is 36.6 Å². The second-order valence-corrected chi connectivity index (χ2v) is 6.26. The molecule has 0 fully saturated rings. The predicted molar refractivity (Wildman–Crippen MR) is 87.4 cm³/mol. The average Bonchev–Trinajstić information content (AvgIpc) is 2.41. The molecule has 0 heterocycles. The Labute approximate surface area is 133 Å². The zero-order valence-corrected chi connectivity index (χ0v) is 13.7. The fourth-order valence-electron chi connectivity index (χ4n) is 2.00. The van der Waals surface area contributed by atoms with Gasteiger partial charge < -0.3 is 0 Å². The van der Waals surface area contributed by atoms with Crippen LogP contribution in [0.1, 0.15) is 23.1 Å². The first-order valence-electron chi connectivity index (χ1n) is 6.56. The molecule has 20 heavy (non-hydrogen) atoms. The number of ketones is 1. The molecule has 0 aliphatic rings. The molecule has 104 valence electrons. The van der Waals surface area contributed by atoms with Gasteiger partial charge in [-0.15, -0.1) is 0 Å². The standard InChI is InChI=1S/C17H16BrClO/c1-12-2-4-13(5-3-12)6-9-16(20)10-14-7-8-15(18)11-17(14)19/h2-5,7-8,11H,6,9-10H2,1H3. The first-order chi connectivity index (χ1) is 9.54. The number of rotatable bonds is 5. The molecule has 0 aliphatic carbocycles. The number of carbonyl (C=O) groups excluding carboxylic acids is 1. The minimum absolute atomic E-state index is 0.217. The minimum atomic E-state index is 0.217. The first kappa shape index (κ1) is 15.3. The molecule has 0 atom stereocenters. The second-order valence-electron chi connectivity index (χ2n) is 4.94. The molecule has 0 unspecified atom stereocenters. The van der Waals surface area contributed by atoms with Crippen LogP contribution >= 0.6 is 27.5 Å². The summed E-state index contributed by atoms with van der Waals surface area (Å²) >= 11 is 9.49. The van der Waals surface area contributed by atoms with Crippen molar-refractivity contribution in [1.82, 2.24) is 0 Å². The van der Waals surface area contributed by atoms with Gasteiger partial charge in [-0.2, -0.15) is 0 Å². The Kier molecular flexibility index (Phi) is 5.38. The highest BCUT2D eigenvalue weighted by Gasteiger charge is 2.08.